The largest absolute Gasteiger partial charge is 0.497 e. The maximum Gasteiger partial charge on any atom is 0.304 e. The Bertz CT molecular complexity index is 706. The zero-order valence-corrected chi connectivity index (χ0v) is 13.3. The molecular formula is C19H18O4. The van der Waals surface area contributed by atoms with Crippen LogP contribution in [-0.2, 0) is 9.53 Å². The summed E-state index contributed by atoms with van der Waals surface area (Å²) in [6, 6.07) is 14.6. The standard InChI is InChI=1S/C19H18O4/c1-14(20)23-19(16-7-11-18(22-3)12-8-16)13-6-15-4-9-17(21-2)10-5-15/h4-5,7-12,19H,1-3H3. The van der Waals surface area contributed by atoms with Crippen LogP contribution in [-0.4, -0.2) is 20.2 Å². The summed E-state index contributed by atoms with van der Waals surface area (Å²) in [7, 11) is 3.21. The first-order chi connectivity index (χ1) is 11.1. The molecule has 4 nitrogen and oxygen atoms in total. The van der Waals surface area contributed by atoms with Crippen LogP contribution in [0.15, 0.2) is 48.5 Å². The summed E-state index contributed by atoms with van der Waals surface area (Å²) in [6.07, 6.45) is -0.625. The second-order valence-electron chi connectivity index (χ2n) is 4.76. The van der Waals surface area contributed by atoms with Gasteiger partial charge in [0.05, 0.1) is 14.2 Å². The zero-order valence-electron chi connectivity index (χ0n) is 13.3. The first kappa shape index (κ1) is 16.4. The monoisotopic (exact) mass is 310 g/mol. The van der Waals surface area contributed by atoms with E-state index >= 15 is 0 Å². The Labute approximate surface area is 136 Å². The fraction of sp³-hybridized carbons (Fsp3) is 0.211. The van der Waals surface area contributed by atoms with Crippen LogP contribution < -0.4 is 9.47 Å². The highest BCUT2D eigenvalue weighted by atomic mass is 16.5. The minimum atomic E-state index is -0.625. The molecule has 0 amide bonds. The molecule has 0 spiro atoms. The Kier molecular flexibility index (Phi) is 5.65. The third-order valence-electron chi connectivity index (χ3n) is 3.14. The molecule has 0 heterocycles. The maximum absolute atomic E-state index is 11.3. The van der Waals surface area contributed by atoms with E-state index in [0.717, 1.165) is 22.6 Å². The van der Waals surface area contributed by atoms with Crippen LogP contribution in [0.1, 0.15) is 24.2 Å². The molecule has 0 fully saturated rings. The lowest BCUT2D eigenvalue weighted by atomic mass is 10.1. The van der Waals surface area contributed by atoms with E-state index in [0.29, 0.717) is 0 Å². The molecule has 23 heavy (non-hydrogen) atoms. The molecule has 1 unspecified atom stereocenters. The highest BCUT2D eigenvalue weighted by Gasteiger charge is 2.11. The molecule has 2 aromatic rings. The van der Waals surface area contributed by atoms with Gasteiger partial charge >= 0.3 is 5.97 Å². The molecule has 118 valence electrons. The number of hydrogen-bond donors (Lipinski definition) is 0. The second-order valence-corrected chi connectivity index (χ2v) is 4.76. The van der Waals surface area contributed by atoms with Gasteiger partial charge in [0.1, 0.15) is 11.5 Å². The SMILES string of the molecule is COc1ccc(C#CC(OC(C)=O)c2ccc(OC)cc2)cc1. The number of carbonyl (C=O) groups excluding carboxylic acids is 1. The van der Waals surface area contributed by atoms with E-state index in [1.807, 2.05) is 36.4 Å². The number of esters is 1. The van der Waals surface area contributed by atoms with Crippen LogP contribution in [0.5, 0.6) is 11.5 Å². The lowest BCUT2D eigenvalue weighted by molar-refractivity contribution is -0.144. The third-order valence-corrected chi connectivity index (χ3v) is 3.14. The van der Waals surface area contributed by atoms with Crippen molar-refractivity contribution in [2.24, 2.45) is 0 Å². The lowest BCUT2D eigenvalue weighted by Gasteiger charge is -2.11. The summed E-state index contributed by atoms with van der Waals surface area (Å²) in [5.74, 6) is 7.12. The molecule has 0 saturated heterocycles. The molecule has 2 rings (SSSR count). The highest BCUT2D eigenvalue weighted by Crippen LogP contribution is 2.20. The van der Waals surface area contributed by atoms with Crippen molar-refractivity contribution in [3.05, 3.63) is 59.7 Å². The van der Waals surface area contributed by atoms with Gasteiger partial charge in [-0.05, 0) is 42.3 Å². The van der Waals surface area contributed by atoms with Crippen molar-refractivity contribution in [2.45, 2.75) is 13.0 Å². The average molecular weight is 310 g/mol. The molecule has 0 aliphatic rings. The van der Waals surface area contributed by atoms with Gasteiger partial charge in [0.2, 0.25) is 0 Å². The maximum atomic E-state index is 11.3. The van der Waals surface area contributed by atoms with E-state index in [1.165, 1.54) is 6.92 Å². The number of benzene rings is 2. The first-order valence-corrected chi connectivity index (χ1v) is 7.09. The topological polar surface area (TPSA) is 44.8 Å². The molecule has 0 bridgehead atoms. The quantitative estimate of drug-likeness (QED) is 0.641. The van der Waals surface area contributed by atoms with Gasteiger partial charge in [-0.15, -0.1) is 0 Å². The van der Waals surface area contributed by atoms with Gasteiger partial charge in [-0.3, -0.25) is 4.79 Å². The number of rotatable bonds is 4. The van der Waals surface area contributed by atoms with Gasteiger partial charge in [-0.2, -0.15) is 0 Å². The van der Waals surface area contributed by atoms with Gasteiger partial charge in [-0.1, -0.05) is 18.1 Å². The summed E-state index contributed by atoms with van der Waals surface area (Å²) in [5.41, 5.74) is 1.61. The first-order valence-electron chi connectivity index (χ1n) is 7.09. The van der Waals surface area contributed by atoms with Crippen molar-refractivity contribution in [1.29, 1.82) is 0 Å². The minimum Gasteiger partial charge on any atom is -0.497 e. The molecule has 0 saturated carbocycles. The smallest absolute Gasteiger partial charge is 0.304 e. The molecule has 0 radical (unpaired) electrons. The second kappa shape index (κ2) is 7.90. The number of carbonyl (C=O) groups is 1. The van der Waals surface area contributed by atoms with Gasteiger partial charge in [0.15, 0.2) is 6.10 Å². The predicted octanol–water partition coefficient (Wildman–Crippen LogP) is 3.36. The molecule has 0 aromatic heterocycles. The molecular weight excluding hydrogens is 292 g/mol. The zero-order chi connectivity index (χ0) is 16.7. The summed E-state index contributed by atoms with van der Waals surface area (Å²) in [4.78, 5) is 11.3. The van der Waals surface area contributed by atoms with Crippen LogP contribution in [0.4, 0.5) is 0 Å². The van der Waals surface area contributed by atoms with E-state index in [1.54, 1.807) is 26.4 Å². The van der Waals surface area contributed by atoms with E-state index in [2.05, 4.69) is 11.8 Å². The third kappa shape index (κ3) is 4.79. The van der Waals surface area contributed by atoms with Gasteiger partial charge < -0.3 is 14.2 Å². The average Bonchev–Trinajstić information content (AvgIpc) is 2.59. The minimum absolute atomic E-state index is 0.380. The van der Waals surface area contributed by atoms with Crippen molar-refractivity contribution in [3.63, 3.8) is 0 Å². The predicted molar refractivity (Wildman–Crippen MR) is 87.4 cm³/mol. The molecule has 0 aliphatic heterocycles. The molecule has 1 atom stereocenters. The van der Waals surface area contributed by atoms with Gasteiger partial charge in [-0.25, -0.2) is 0 Å². The van der Waals surface area contributed by atoms with Gasteiger partial charge in [0, 0.05) is 18.1 Å². The Morgan fingerprint density at radius 2 is 1.43 bits per heavy atom. The van der Waals surface area contributed by atoms with Crippen LogP contribution in [0.3, 0.4) is 0 Å². The number of ether oxygens (including phenoxy) is 3. The van der Waals surface area contributed by atoms with E-state index in [9.17, 15) is 4.79 Å². The van der Waals surface area contributed by atoms with E-state index < -0.39 is 6.10 Å². The molecule has 0 aliphatic carbocycles. The van der Waals surface area contributed by atoms with Crippen LogP contribution in [0.25, 0.3) is 0 Å². The fourth-order valence-electron chi connectivity index (χ4n) is 1.95. The van der Waals surface area contributed by atoms with E-state index in [-0.39, 0.29) is 5.97 Å². The van der Waals surface area contributed by atoms with Crippen molar-refractivity contribution in [3.8, 4) is 23.3 Å². The summed E-state index contributed by atoms with van der Waals surface area (Å²) in [5, 5.41) is 0. The summed E-state index contributed by atoms with van der Waals surface area (Å²) >= 11 is 0. The van der Waals surface area contributed by atoms with Crippen LogP contribution >= 0.6 is 0 Å². The van der Waals surface area contributed by atoms with E-state index in [4.69, 9.17) is 14.2 Å². The number of hydrogen-bond acceptors (Lipinski definition) is 4. The summed E-state index contributed by atoms with van der Waals surface area (Å²) in [6.45, 7) is 1.37. The molecule has 0 N–H and O–H groups in total. The Morgan fingerprint density at radius 1 is 0.913 bits per heavy atom. The fourth-order valence-corrected chi connectivity index (χ4v) is 1.95. The lowest BCUT2D eigenvalue weighted by Crippen LogP contribution is -2.06. The Balaban J connectivity index is 2.24. The molecule has 4 heteroatoms. The summed E-state index contributed by atoms with van der Waals surface area (Å²) < 4.78 is 15.5. The van der Waals surface area contributed by atoms with Crippen LogP contribution in [0.2, 0.25) is 0 Å². The van der Waals surface area contributed by atoms with Crippen molar-refractivity contribution in [2.75, 3.05) is 14.2 Å². The Morgan fingerprint density at radius 3 is 1.91 bits per heavy atom. The normalized spacial score (nSPS) is 10.9. The Hall–Kier alpha value is -2.93. The number of methoxy groups -OCH3 is 2. The molecule has 2 aromatic carbocycles. The van der Waals surface area contributed by atoms with Crippen molar-refractivity contribution >= 4 is 5.97 Å². The van der Waals surface area contributed by atoms with Gasteiger partial charge in [0.25, 0.3) is 0 Å². The van der Waals surface area contributed by atoms with Crippen LogP contribution in [0, 0.1) is 11.8 Å². The van der Waals surface area contributed by atoms with Crippen molar-refractivity contribution in [1.82, 2.24) is 0 Å². The van der Waals surface area contributed by atoms with Crippen molar-refractivity contribution < 1.29 is 19.0 Å². The highest BCUT2D eigenvalue weighted by molar-refractivity contribution is 5.66.